The molecule has 2 amide bonds. The summed E-state index contributed by atoms with van der Waals surface area (Å²) in [4.78, 5) is 26.3. The lowest BCUT2D eigenvalue weighted by molar-refractivity contribution is -0.116. The van der Waals surface area contributed by atoms with Crippen LogP contribution < -0.4 is 5.32 Å². The van der Waals surface area contributed by atoms with Crippen molar-refractivity contribution in [3.8, 4) is 0 Å². The third-order valence-corrected chi connectivity index (χ3v) is 4.25. The first-order chi connectivity index (χ1) is 12.5. The molecule has 0 saturated carbocycles. The van der Waals surface area contributed by atoms with Gasteiger partial charge >= 0.3 is 0 Å². The smallest absolute Gasteiger partial charge is 0.274 e. The Kier molecular flexibility index (Phi) is 6.31. The van der Waals surface area contributed by atoms with Crippen LogP contribution in [0.15, 0.2) is 30.3 Å². The van der Waals surface area contributed by atoms with Gasteiger partial charge in [-0.2, -0.15) is 5.10 Å². The van der Waals surface area contributed by atoms with Gasteiger partial charge in [-0.3, -0.25) is 14.3 Å². The van der Waals surface area contributed by atoms with Crippen molar-refractivity contribution in [1.82, 2.24) is 14.7 Å². The molecule has 0 radical (unpaired) electrons. The zero-order chi connectivity index (χ0) is 20.4. The van der Waals surface area contributed by atoms with Crippen molar-refractivity contribution < 1.29 is 9.59 Å². The second kappa shape index (κ2) is 8.13. The molecule has 7 heteroatoms. The van der Waals surface area contributed by atoms with E-state index < -0.39 is 0 Å². The van der Waals surface area contributed by atoms with Crippen molar-refractivity contribution in [3.05, 3.63) is 46.7 Å². The van der Waals surface area contributed by atoms with Crippen molar-refractivity contribution in [2.24, 2.45) is 0 Å². The Balaban J connectivity index is 2.11. The van der Waals surface area contributed by atoms with E-state index in [9.17, 15) is 9.59 Å². The minimum Gasteiger partial charge on any atom is -0.331 e. The lowest BCUT2D eigenvalue weighted by Crippen LogP contribution is -2.35. The average molecular weight is 391 g/mol. The Labute approximate surface area is 165 Å². The summed E-state index contributed by atoms with van der Waals surface area (Å²) >= 11 is 5.92. The van der Waals surface area contributed by atoms with Crippen LogP contribution >= 0.6 is 11.6 Å². The molecule has 0 aliphatic rings. The fourth-order valence-corrected chi connectivity index (χ4v) is 2.89. The molecule has 0 fully saturated rings. The van der Waals surface area contributed by atoms with Crippen LogP contribution in [0.5, 0.6) is 0 Å². The summed E-state index contributed by atoms with van der Waals surface area (Å²) in [6.07, 6.45) is 0. The molecule has 0 aliphatic heterocycles. The molecule has 0 atom stereocenters. The zero-order valence-electron chi connectivity index (χ0n) is 16.7. The number of halogens is 1. The first-order valence-corrected chi connectivity index (χ1v) is 9.28. The summed E-state index contributed by atoms with van der Waals surface area (Å²) in [5, 5.41) is 7.77. The van der Waals surface area contributed by atoms with Crippen LogP contribution in [-0.4, -0.2) is 40.1 Å². The number of hydrogen-bond donors (Lipinski definition) is 1. The van der Waals surface area contributed by atoms with Gasteiger partial charge in [-0.1, -0.05) is 31.5 Å². The maximum Gasteiger partial charge on any atom is 0.274 e. The van der Waals surface area contributed by atoms with E-state index in [2.05, 4.69) is 24.3 Å². The van der Waals surface area contributed by atoms with Gasteiger partial charge in [0.25, 0.3) is 5.91 Å². The standard InChI is InChI=1S/C20H27ClN4O2/c1-13(2)17-11-16(23-25(17)20(3,4)5)19(27)24(6)12-18(26)22-15-9-7-8-14(21)10-15/h7-11,13H,12H2,1-6H3,(H,22,26). The van der Waals surface area contributed by atoms with Gasteiger partial charge in [-0.05, 0) is 51.0 Å². The number of hydrogen-bond acceptors (Lipinski definition) is 3. The summed E-state index contributed by atoms with van der Waals surface area (Å²) in [5.41, 5.74) is 1.68. The predicted octanol–water partition coefficient (Wildman–Crippen LogP) is 4.13. The van der Waals surface area contributed by atoms with Crippen LogP contribution in [0.4, 0.5) is 5.69 Å². The highest BCUT2D eigenvalue weighted by Crippen LogP contribution is 2.24. The number of anilines is 1. The van der Waals surface area contributed by atoms with Crippen LogP contribution in [-0.2, 0) is 10.3 Å². The van der Waals surface area contributed by atoms with Crippen LogP contribution in [0, 0.1) is 0 Å². The predicted molar refractivity (Wildman–Crippen MR) is 108 cm³/mol. The molecule has 0 aliphatic carbocycles. The average Bonchev–Trinajstić information content (AvgIpc) is 2.99. The largest absolute Gasteiger partial charge is 0.331 e. The summed E-state index contributed by atoms with van der Waals surface area (Å²) in [6.45, 7) is 10.2. The topological polar surface area (TPSA) is 67.2 Å². The van der Waals surface area contributed by atoms with Crippen LogP contribution in [0.1, 0.15) is 56.7 Å². The molecule has 1 N–H and O–H groups in total. The van der Waals surface area contributed by atoms with Crippen molar-refractivity contribution in [2.75, 3.05) is 18.9 Å². The number of rotatable bonds is 5. The van der Waals surface area contributed by atoms with Gasteiger partial charge in [0.2, 0.25) is 5.91 Å². The highest BCUT2D eigenvalue weighted by atomic mass is 35.5. The summed E-state index contributed by atoms with van der Waals surface area (Å²) in [5.74, 6) is -0.358. The molecular weight excluding hydrogens is 364 g/mol. The van der Waals surface area contributed by atoms with E-state index in [4.69, 9.17) is 11.6 Å². The number of benzene rings is 1. The Morgan fingerprint density at radius 1 is 1.26 bits per heavy atom. The summed E-state index contributed by atoms with van der Waals surface area (Å²) in [7, 11) is 1.59. The maximum absolute atomic E-state index is 12.8. The van der Waals surface area contributed by atoms with Gasteiger partial charge < -0.3 is 10.2 Å². The Morgan fingerprint density at radius 3 is 2.44 bits per heavy atom. The molecule has 6 nitrogen and oxygen atoms in total. The molecule has 1 heterocycles. The van der Waals surface area contributed by atoms with E-state index in [0.29, 0.717) is 16.4 Å². The molecule has 1 aromatic heterocycles. The highest BCUT2D eigenvalue weighted by Gasteiger charge is 2.25. The van der Waals surface area contributed by atoms with Crippen LogP contribution in [0.25, 0.3) is 0 Å². The van der Waals surface area contributed by atoms with Gasteiger partial charge in [0.1, 0.15) is 0 Å². The molecule has 2 aromatic rings. The van der Waals surface area contributed by atoms with E-state index >= 15 is 0 Å². The van der Waals surface area contributed by atoms with E-state index in [-0.39, 0.29) is 29.8 Å². The first-order valence-electron chi connectivity index (χ1n) is 8.90. The molecule has 2 rings (SSSR count). The zero-order valence-corrected chi connectivity index (χ0v) is 17.5. The maximum atomic E-state index is 12.8. The van der Waals surface area contributed by atoms with Gasteiger partial charge in [-0.15, -0.1) is 0 Å². The Hall–Kier alpha value is -2.34. The van der Waals surface area contributed by atoms with E-state index in [1.165, 1.54) is 4.90 Å². The Morgan fingerprint density at radius 2 is 1.93 bits per heavy atom. The van der Waals surface area contributed by atoms with E-state index in [1.807, 2.05) is 31.5 Å². The third-order valence-electron chi connectivity index (χ3n) is 4.02. The number of nitrogens with zero attached hydrogens (tertiary/aromatic N) is 3. The number of aromatic nitrogens is 2. The quantitative estimate of drug-likeness (QED) is 0.834. The minimum atomic E-state index is -0.299. The number of likely N-dealkylation sites (N-methyl/N-ethyl adjacent to an activating group) is 1. The lowest BCUT2D eigenvalue weighted by atomic mass is 10.1. The summed E-state index contributed by atoms with van der Waals surface area (Å²) in [6, 6.07) is 8.68. The fourth-order valence-electron chi connectivity index (χ4n) is 2.70. The van der Waals surface area contributed by atoms with Crippen molar-refractivity contribution in [1.29, 1.82) is 0 Å². The second-order valence-corrected chi connectivity index (χ2v) is 8.35. The molecule has 0 spiro atoms. The number of carbonyl (C=O) groups excluding carboxylic acids is 2. The highest BCUT2D eigenvalue weighted by molar-refractivity contribution is 6.30. The molecular formula is C20H27ClN4O2. The van der Waals surface area contributed by atoms with E-state index in [0.717, 1.165) is 5.69 Å². The first kappa shape index (κ1) is 21.0. The van der Waals surface area contributed by atoms with Crippen LogP contribution in [0.2, 0.25) is 5.02 Å². The van der Waals surface area contributed by atoms with Gasteiger partial charge in [-0.25, -0.2) is 0 Å². The molecule has 0 unspecified atom stereocenters. The fraction of sp³-hybridized carbons (Fsp3) is 0.450. The third kappa shape index (κ3) is 5.32. The molecule has 1 aromatic carbocycles. The van der Waals surface area contributed by atoms with Gasteiger partial charge in [0.05, 0.1) is 12.1 Å². The Bertz CT molecular complexity index is 837. The minimum absolute atomic E-state index is 0.0786. The lowest BCUT2D eigenvalue weighted by Gasteiger charge is -2.23. The number of amides is 2. The second-order valence-electron chi connectivity index (χ2n) is 7.91. The molecule has 27 heavy (non-hydrogen) atoms. The van der Waals surface area contributed by atoms with Gasteiger partial charge in [0, 0.05) is 23.5 Å². The van der Waals surface area contributed by atoms with Crippen molar-refractivity contribution in [2.45, 2.75) is 46.1 Å². The van der Waals surface area contributed by atoms with Gasteiger partial charge in [0.15, 0.2) is 5.69 Å². The normalized spacial score (nSPS) is 11.6. The summed E-state index contributed by atoms with van der Waals surface area (Å²) < 4.78 is 1.88. The molecule has 0 saturated heterocycles. The van der Waals surface area contributed by atoms with E-state index in [1.54, 1.807) is 31.3 Å². The molecule has 146 valence electrons. The SMILES string of the molecule is CC(C)c1cc(C(=O)N(C)CC(=O)Nc2cccc(Cl)c2)nn1C(C)(C)C. The van der Waals surface area contributed by atoms with Crippen LogP contribution in [0.3, 0.4) is 0 Å². The van der Waals surface area contributed by atoms with Crippen molar-refractivity contribution >= 4 is 29.1 Å². The molecule has 0 bridgehead atoms. The van der Waals surface area contributed by atoms with Crippen molar-refractivity contribution in [3.63, 3.8) is 0 Å². The number of nitrogens with one attached hydrogen (secondary N) is 1. The number of carbonyl (C=O) groups is 2. The monoisotopic (exact) mass is 390 g/mol.